The van der Waals surface area contributed by atoms with Gasteiger partial charge in [-0.15, -0.1) is 0 Å². The van der Waals surface area contributed by atoms with Crippen LogP contribution in [0.3, 0.4) is 0 Å². The highest BCUT2D eigenvalue weighted by Crippen LogP contribution is 2.28. The second-order valence-electron chi connectivity index (χ2n) is 6.62. The molecule has 4 rings (SSSR count). The minimum Gasteiger partial charge on any atom is -0.497 e. The summed E-state index contributed by atoms with van der Waals surface area (Å²) < 4.78 is 5.26. The van der Waals surface area contributed by atoms with Crippen LogP contribution in [0.1, 0.15) is 11.1 Å². The third kappa shape index (κ3) is 3.46. The number of allylic oxidation sites excluding steroid dienone is 1. The van der Waals surface area contributed by atoms with E-state index in [0.717, 1.165) is 28.9 Å². The monoisotopic (exact) mass is 361 g/mol. The van der Waals surface area contributed by atoms with E-state index in [9.17, 15) is 5.11 Å². The molecule has 1 aromatic heterocycles. The topological polar surface area (TPSA) is 60.9 Å². The summed E-state index contributed by atoms with van der Waals surface area (Å²) >= 11 is 0. The fourth-order valence-electron chi connectivity index (χ4n) is 3.59. The Morgan fingerprint density at radius 2 is 2.00 bits per heavy atom. The van der Waals surface area contributed by atoms with Crippen LogP contribution in [0.15, 0.2) is 65.8 Å². The van der Waals surface area contributed by atoms with Gasteiger partial charge in [-0.1, -0.05) is 18.2 Å². The molecule has 0 bridgehead atoms. The second kappa shape index (κ2) is 7.68. The Morgan fingerprint density at radius 3 is 2.78 bits per heavy atom. The van der Waals surface area contributed by atoms with Gasteiger partial charge in [-0.25, -0.2) is 0 Å². The van der Waals surface area contributed by atoms with E-state index in [4.69, 9.17) is 4.74 Å². The molecule has 2 heterocycles. The van der Waals surface area contributed by atoms with Crippen LogP contribution in [0.4, 0.5) is 0 Å². The number of aromatic amines is 1. The third-order valence-electron chi connectivity index (χ3n) is 5.05. The fourth-order valence-corrected chi connectivity index (χ4v) is 3.59. The van der Waals surface area contributed by atoms with E-state index in [0.29, 0.717) is 6.67 Å². The number of aromatic nitrogens is 1. The van der Waals surface area contributed by atoms with E-state index in [1.165, 1.54) is 10.9 Å². The Kier molecular flexibility index (Phi) is 4.94. The number of aliphatic hydroxyl groups is 1. The van der Waals surface area contributed by atoms with Gasteiger partial charge in [-0.2, -0.15) is 0 Å². The molecular weight excluding hydrogens is 338 g/mol. The molecule has 0 saturated heterocycles. The van der Waals surface area contributed by atoms with Gasteiger partial charge in [-0.3, -0.25) is 4.99 Å². The lowest BCUT2D eigenvalue weighted by molar-refractivity contribution is 0.173. The predicted molar refractivity (Wildman–Crippen MR) is 109 cm³/mol. The van der Waals surface area contributed by atoms with Gasteiger partial charge >= 0.3 is 0 Å². The molecule has 138 valence electrons. The number of rotatable bonds is 6. The zero-order valence-electron chi connectivity index (χ0n) is 15.3. The summed E-state index contributed by atoms with van der Waals surface area (Å²) in [4.78, 5) is 9.90. The van der Waals surface area contributed by atoms with Crippen LogP contribution in [0.5, 0.6) is 5.75 Å². The van der Waals surface area contributed by atoms with E-state index in [1.54, 1.807) is 7.11 Å². The Bertz CT molecular complexity index is 973. The van der Waals surface area contributed by atoms with Crippen LogP contribution < -0.4 is 4.74 Å². The molecule has 0 spiro atoms. The molecule has 3 aromatic rings. The average Bonchev–Trinajstić information content (AvgIpc) is 3.15. The summed E-state index contributed by atoms with van der Waals surface area (Å²) in [6, 6.07) is 16.2. The summed E-state index contributed by atoms with van der Waals surface area (Å²) in [7, 11) is 1.66. The van der Waals surface area contributed by atoms with Crippen molar-refractivity contribution in [1.29, 1.82) is 0 Å². The molecule has 0 aliphatic carbocycles. The third-order valence-corrected chi connectivity index (χ3v) is 5.05. The largest absolute Gasteiger partial charge is 0.497 e. The van der Waals surface area contributed by atoms with Gasteiger partial charge < -0.3 is 19.7 Å². The second-order valence-corrected chi connectivity index (χ2v) is 6.62. The first-order valence-corrected chi connectivity index (χ1v) is 9.07. The molecule has 2 aromatic carbocycles. The number of nitrogens with zero attached hydrogens (tertiary/aromatic N) is 2. The van der Waals surface area contributed by atoms with Crippen molar-refractivity contribution in [2.24, 2.45) is 4.99 Å². The average molecular weight is 361 g/mol. The number of fused-ring (bicyclic) bond motifs is 1. The van der Waals surface area contributed by atoms with Gasteiger partial charge in [0.1, 0.15) is 12.4 Å². The molecule has 5 heteroatoms. The van der Waals surface area contributed by atoms with Crippen molar-refractivity contribution in [3.05, 3.63) is 71.9 Å². The standard InChI is InChI=1S/C22H23N3O2/c1-27-19-8-6-16(7-9-19)22-10-11-23-15-25(22)18(14-26)12-17-13-24-21-5-3-2-4-20(17)21/h2-11,13,18,24,26H,12,14-15H2,1H3. The number of para-hydroxylation sites is 1. The highest BCUT2D eigenvalue weighted by Gasteiger charge is 2.23. The molecule has 0 saturated carbocycles. The van der Waals surface area contributed by atoms with E-state index in [2.05, 4.69) is 27.0 Å². The fraction of sp³-hybridized carbons (Fsp3) is 0.227. The Hall–Kier alpha value is -3.05. The Labute approximate surface area is 158 Å². The molecule has 1 unspecified atom stereocenters. The summed E-state index contributed by atoms with van der Waals surface area (Å²) in [6.45, 7) is 0.591. The summed E-state index contributed by atoms with van der Waals surface area (Å²) in [5.74, 6) is 0.827. The molecule has 5 nitrogen and oxygen atoms in total. The number of hydrogen-bond acceptors (Lipinski definition) is 4. The molecule has 2 N–H and O–H groups in total. The smallest absolute Gasteiger partial charge is 0.118 e. The number of aliphatic imine (C=N–C) groups is 1. The first kappa shape index (κ1) is 17.4. The van der Waals surface area contributed by atoms with Crippen molar-refractivity contribution in [3.63, 3.8) is 0 Å². The number of H-pyrrole nitrogens is 1. The molecule has 0 amide bonds. The number of ether oxygens (including phenoxy) is 1. The minimum absolute atomic E-state index is 0.0581. The lowest BCUT2D eigenvalue weighted by Crippen LogP contribution is -2.39. The van der Waals surface area contributed by atoms with Crippen LogP contribution >= 0.6 is 0 Å². The first-order chi connectivity index (χ1) is 13.3. The van der Waals surface area contributed by atoms with Gasteiger partial charge in [0.2, 0.25) is 0 Å². The van der Waals surface area contributed by atoms with Gasteiger partial charge in [0, 0.05) is 29.0 Å². The molecular formula is C22H23N3O2. The van der Waals surface area contributed by atoms with Crippen molar-refractivity contribution in [3.8, 4) is 5.75 Å². The van der Waals surface area contributed by atoms with Crippen LogP contribution in [0.2, 0.25) is 0 Å². The van der Waals surface area contributed by atoms with Gasteiger partial charge in [0.05, 0.1) is 19.8 Å². The zero-order valence-corrected chi connectivity index (χ0v) is 15.3. The molecule has 1 atom stereocenters. The number of hydrogen-bond donors (Lipinski definition) is 2. The molecule has 1 aliphatic heterocycles. The van der Waals surface area contributed by atoms with Crippen molar-refractivity contribution in [2.75, 3.05) is 20.4 Å². The molecule has 27 heavy (non-hydrogen) atoms. The van der Waals surface area contributed by atoms with Crippen molar-refractivity contribution >= 4 is 22.8 Å². The predicted octanol–water partition coefficient (Wildman–Crippen LogP) is 3.46. The van der Waals surface area contributed by atoms with Crippen LogP contribution in [0, 0.1) is 0 Å². The first-order valence-electron chi connectivity index (χ1n) is 9.07. The van der Waals surface area contributed by atoms with Crippen LogP contribution in [0.25, 0.3) is 16.6 Å². The van der Waals surface area contributed by atoms with Crippen LogP contribution in [-0.2, 0) is 6.42 Å². The number of methoxy groups -OCH3 is 1. The maximum atomic E-state index is 10.1. The van der Waals surface area contributed by atoms with Crippen molar-refractivity contribution < 1.29 is 9.84 Å². The number of aliphatic hydroxyl groups excluding tert-OH is 1. The minimum atomic E-state index is -0.0602. The quantitative estimate of drug-likeness (QED) is 0.707. The van der Waals surface area contributed by atoms with Crippen molar-refractivity contribution in [1.82, 2.24) is 9.88 Å². The van der Waals surface area contributed by atoms with E-state index in [1.807, 2.05) is 54.9 Å². The maximum absolute atomic E-state index is 10.1. The van der Waals surface area contributed by atoms with E-state index < -0.39 is 0 Å². The Morgan fingerprint density at radius 1 is 1.19 bits per heavy atom. The summed E-state index contributed by atoms with van der Waals surface area (Å²) in [5.41, 5.74) is 4.46. The van der Waals surface area contributed by atoms with Crippen molar-refractivity contribution in [2.45, 2.75) is 12.5 Å². The van der Waals surface area contributed by atoms with Crippen LogP contribution in [-0.4, -0.2) is 47.6 Å². The molecule has 0 radical (unpaired) electrons. The summed E-state index contributed by atoms with van der Waals surface area (Å²) in [5, 5.41) is 11.3. The lowest BCUT2D eigenvalue weighted by atomic mass is 10.0. The maximum Gasteiger partial charge on any atom is 0.118 e. The SMILES string of the molecule is COc1ccc(C2=CC=NCN2C(CO)Cc2c[nH]c3ccccc23)cc1. The van der Waals surface area contributed by atoms with E-state index >= 15 is 0 Å². The normalized spacial score (nSPS) is 15.0. The number of nitrogens with one attached hydrogen (secondary N) is 1. The zero-order chi connectivity index (χ0) is 18.6. The molecule has 1 aliphatic rings. The highest BCUT2D eigenvalue weighted by molar-refractivity contribution is 5.86. The van der Waals surface area contributed by atoms with E-state index in [-0.39, 0.29) is 12.6 Å². The molecule has 0 fully saturated rings. The summed E-state index contributed by atoms with van der Waals surface area (Å²) in [6.07, 6.45) is 6.61. The number of benzene rings is 2. The van der Waals surface area contributed by atoms with Gasteiger partial charge in [0.25, 0.3) is 0 Å². The van der Waals surface area contributed by atoms with Gasteiger partial charge in [0.15, 0.2) is 0 Å². The lowest BCUT2D eigenvalue weighted by Gasteiger charge is -2.34. The highest BCUT2D eigenvalue weighted by atomic mass is 16.5. The van der Waals surface area contributed by atoms with Gasteiger partial charge in [-0.05, 0) is 54.0 Å². The Balaban J connectivity index is 1.62.